The first-order valence-electron chi connectivity index (χ1n) is 4.65. The van der Waals surface area contributed by atoms with Crippen LogP contribution in [-0.2, 0) is 9.53 Å². The Morgan fingerprint density at radius 3 is 2.88 bits per heavy atom. The second-order valence-electron chi connectivity index (χ2n) is 2.91. The van der Waals surface area contributed by atoms with E-state index in [0.29, 0.717) is 18.2 Å². The summed E-state index contributed by atoms with van der Waals surface area (Å²) in [7, 11) is 2.83. The second kappa shape index (κ2) is 5.74. The number of hydrogen-bond donors (Lipinski definition) is 2. The molecular formula is C9H14N4O3. The van der Waals surface area contributed by atoms with Crippen molar-refractivity contribution in [2.24, 2.45) is 0 Å². The lowest BCUT2D eigenvalue weighted by molar-refractivity contribution is -0.140. The normalized spacial score (nSPS) is 9.62. The highest BCUT2D eigenvalue weighted by Crippen LogP contribution is 2.13. The fraction of sp³-hybridized carbons (Fsp3) is 0.444. The summed E-state index contributed by atoms with van der Waals surface area (Å²) in [5, 5.41) is 2.91. The Balaban J connectivity index is 2.53. The molecule has 0 amide bonds. The summed E-state index contributed by atoms with van der Waals surface area (Å²) in [5.41, 5.74) is 5.46. The van der Waals surface area contributed by atoms with Crippen molar-refractivity contribution in [3.63, 3.8) is 0 Å². The highest BCUT2D eigenvalue weighted by Gasteiger charge is 2.03. The molecule has 7 nitrogen and oxygen atoms in total. The van der Waals surface area contributed by atoms with Crippen molar-refractivity contribution in [1.82, 2.24) is 9.97 Å². The van der Waals surface area contributed by atoms with E-state index in [2.05, 4.69) is 20.0 Å². The van der Waals surface area contributed by atoms with Crippen LogP contribution in [0.25, 0.3) is 0 Å². The molecule has 0 bridgehead atoms. The average Bonchev–Trinajstić information content (AvgIpc) is 2.28. The number of esters is 1. The van der Waals surface area contributed by atoms with Crippen LogP contribution in [0.2, 0.25) is 0 Å². The highest BCUT2D eigenvalue weighted by molar-refractivity contribution is 5.69. The van der Waals surface area contributed by atoms with Gasteiger partial charge in [0.15, 0.2) is 0 Å². The Kier molecular flexibility index (Phi) is 4.31. The van der Waals surface area contributed by atoms with E-state index in [1.54, 1.807) is 6.07 Å². The van der Waals surface area contributed by atoms with Crippen molar-refractivity contribution in [3.05, 3.63) is 6.07 Å². The zero-order chi connectivity index (χ0) is 12.0. The Morgan fingerprint density at radius 2 is 2.25 bits per heavy atom. The van der Waals surface area contributed by atoms with Gasteiger partial charge in [-0.25, -0.2) is 0 Å². The first kappa shape index (κ1) is 12.0. The Labute approximate surface area is 93.0 Å². The van der Waals surface area contributed by atoms with Crippen LogP contribution in [0.1, 0.15) is 6.42 Å². The monoisotopic (exact) mass is 226 g/mol. The zero-order valence-corrected chi connectivity index (χ0v) is 9.19. The first-order valence-corrected chi connectivity index (χ1v) is 4.65. The molecule has 16 heavy (non-hydrogen) atoms. The van der Waals surface area contributed by atoms with Gasteiger partial charge in [-0.2, -0.15) is 9.97 Å². The maximum absolute atomic E-state index is 10.8. The van der Waals surface area contributed by atoms with Crippen LogP contribution in [0.3, 0.4) is 0 Å². The molecule has 3 N–H and O–H groups in total. The second-order valence-corrected chi connectivity index (χ2v) is 2.91. The van der Waals surface area contributed by atoms with Crippen molar-refractivity contribution in [3.8, 4) is 5.88 Å². The lowest BCUT2D eigenvalue weighted by Crippen LogP contribution is -2.11. The molecule has 1 heterocycles. The molecule has 0 spiro atoms. The van der Waals surface area contributed by atoms with E-state index in [9.17, 15) is 4.79 Å². The number of carbonyl (C=O) groups is 1. The van der Waals surface area contributed by atoms with E-state index < -0.39 is 0 Å². The number of anilines is 2. The quantitative estimate of drug-likeness (QED) is 0.684. The number of ether oxygens (including phenoxy) is 2. The number of carbonyl (C=O) groups excluding carboxylic acids is 1. The molecule has 7 heteroatoms. The van der Waals surface area contributed by atoms with Crippen LogP contribution in [-0.4, -0.2) is 36.7 Å². The molecule has 1 rings (SSSR count). The molecular weight excluding hydrogens is 212 g/mol. The van der Waals surface area contributed by atoms with Crippen molar-refractivity contribution in [1.29, 1.82) is 0 Å². The molecule has 0 saturated carbocycles. The third-order valence-corrected chi connectivity index (χ3v) is 1.79. The number of nitrogens with zero attached hydrogens (tertiary/aromatic N) is 2. The number of rotatable bonds is 5. The van der Waals surface area contributed by atoms with E-state index in [4.69, 9.17) is 10.5 Å². The molecule has 0 aliphatic carbocycles. The fourth-order valence-corrected chi connectivity index (χ4v) is 1.03. The van der Waals surface area contributed by atoms with Gasteiger partial charge in [0.25, 0.3) is 0 Å². The lowest BCUT2D eigenvalue weighted by Gasteiger charge is -2.06. The summed E-state index contributed by atoms with van der Waals surface area (Å²) in [5.74, 6) is 0.697. The number of nitrogen functional groups attached to an aromatic ring is 1. The first-order chi connectivity index (χ1) is 7.65. The van der Waals surface area contributed by atoms with Gasteiger partial charge >= 0.3 is 5.97 Å². The Morgan fingerprint density at radius 1 is 1.50 bits per heavy atom. The van der Waals surface area contributed by atoms with Crippen LogP contribution < -0.4 is 15.8 Å². The third-order valence-electron chi connectivity index (χ3n) is 1.79. The molecule has 0 aromatic carbocycles. The third kappa shape index (κ3) is 3.60. The highest BCUT2D eigenvalue weighted by atomic mass is 16.5. The Bertz CT molecular complexity index is 370. The summed E-state index contributed by atoms with van der Waals surface area (Å²) >= 11 is 0. The molecule has 1 aromatic rings. The molecule has 88 valence electrons. The van der Waals surface area contributed by atoms with Gasteiger partial charge in [-0.15, -0.1) is 0 Å². The molecule has 0 radical (unpaired) electrons. The summed E-state index contributed by atoms with van der Waals surface area (Å²) in [6.45, 7) is 0.409. The number of nitrogens with one attached hydrogen (secondary N) is 1. The van der Waals surface area contributed by atoms with Crippen molar-refractivity contribution < 1.29 is 14.3 Å². The SMILES string of the molecule is COC(=O)CCNc1cc(OC)nc(N)n1. The van der Waals surface area contributed by atoms with Crippen LogP contribution >= 0.6 is 0 Å². The Hall–Kier alpha value is -2.05. The molecule has 0 atom stereocenters. The molecule has 0 aliphatic heterocycles. The standard InChI is InChI=1S/C9H14N4O3/c1-15-7-5-6(12-9(10)13-7)11-4-3-8(14)16-2/h5H,3-4H2,1-2H3,(H3,10,11,12,13). The minimum Gasteiger partial charge on any atom is -0.481 e. The van der Waals surface area contributed by atoms with Crippen LogP contribution in [0, 0.1) is 0 Å². The molecule has 0 aliphatic rings. The summed E-state index contributed by atoms with van der Waals surface area (Å²) in [4.78, 5) is 18.6. The van der Waals surface area contributed by atoms with Crippen molar-refractivity contribution in [2.75, 3.05) is 31.8 Å². The number of methoxy groups -OCH3 is 2. The molecule has 0 saturated heterocycles. The largest absolute Gasteiger partial charge is 0.481 e. The average molecular weight is 226 g/mol. The molecule has 0 fully saturated rings. The smallest absolute Gasteiger partial charge is 0.307 e. The number of aromatic nitrogens is 2. The van der Waals surface area contributed by atoms with Crippen molar-refractivity contribution in [2.45, 2.75) is 6.42 Å². The van der Waals surface area contributed by atoms with Crippen LogP contribution in [0.5, 0.6) is 5.88 Å². The lowest BCUT2D eigenvalue weighted by atomic mass is 10.4. The predicted molar refractivity (Wildman–Crippen MR) is 58.1 cm³/mol. The molecule has 0 unspecified atom stereocenters. The van der Waals surface area contributed by atoms with Gasteiger partial charge in [0.05, 0.1) is 20.6 Å². The van der Waals surface area contributed by atoms with E-state index >= 15 is 0 Å². The van der Waals surface area contributed by atoms with Gasteiger partial charge in [0.2, 0.25) is 11.8 Å². The topological polar surface area (TPSA) is 99.4 Å². The summed E-state index contributed by atoms with van der Waals surface area (Å²) < 4.78 is 9.42. The summed E-state index contributed by atoms with van der Waals surface area (Å²) in [6.07, 6.45) is 0.253. The maximum Gasteiger partial charge on any atom is 0.307 e. The van der Waals surface area contributed by atoms with Gasteiger partial charge in [-0.3, -0.25) is 4.79 Å². The van der Waals surface area contributed by atoms with Gasteiger partial charge in [0.1, 0.15) is 5.82 Å². The van der Waals surface area contributed by atoms with E-state index in [-0.39, 0.29) is 18.3 Å². The van der Waals surface area contributed by atoms with Crippen LogP contribution in [0.15, 0.2) is 6.07 Å². The minimum absolute atomic E-state index is 0.111. The number of nitrogens with two attached hydrogens (primary N) is 1. The molecule has 1 aromatic heterocycles. The minimum atomic E-state index is -0.290. The van der Waals surface area contributed by atoms with E-state index in [0.717, 1.165) is 0 Å². The predicted octanol–water partition coefficient (Wildman–Crippen LogP) is 0.0424. The van der Waals surface area contributed by atoms with Crippen molar-refractivity contribution >= 4 is 17.7 Å². The fourth-order valence-electron chi connectivity index (χ4n) is 1.03. The van der Waals surface area contributed by atoms with Crippen LogP contribution in [0.4, 0.5) is 11.8 Å². The van der Waals surface area contributed by atoms with E-state index in [1.807, 2.05) is 0 Å². The van der Waals surface area contributed by atoms with Gasteiger partial charge < -0.3 is 20.5 Å². The van der Waals surface area contributed by atoms with E-state index in [1.165, 1.54) is 14.2 Å². The van der Waals surface area contributed by atoms with Gasteiger partial charge in [0, 0.05) is 12.6 Å². The zero-order valence-electron chi connectivity index (χ0n) is 9.19. The van der Waals surface area contributed by atoms with Gasteiger partial charge in [-0.05, 0) is 0 Å². The van der Waals surface area contributed by atoms with Gasteiger partial charge in [-0.1, -0.05) is 0 Å². The summed E-state index contributed by atoms with van der Waals surface area (Å²) in [6, 6.07) is 1.59. The maximum atomic E-state index is 10.8. The number of hydrogen-bond acceptors (Lipinski definition) is 7.